The van der Waals surface area contributed by atoms with Gasteiger partial charge in [0.1, 0.15) is 4.90 Å². The van der Waals surface area contributed by atoms with Crippen molar-refractivity contribution >= 4 is 49.1 Å². The molecule has 2 rings (SSSR count). The van der Waals surface area contributed by atoms with Crippen molar-refractivity contribution in [2.45, 2.75) is 4.90 Å². The first-order valence-electron chi connectivity index (χ1n) is 4.93. The molecule has 0 aliphatic carbocycles. The van der Waals surface area contributed by atoms with Crippen molar-refractivity contribution in [1.82, 2.24) is 9.97 Å². The number of rotatable bonds is 3. The first-order valence-corrected chi connectivity index (χ1v) is 7.59. The molecule has 0 bridgehead atoms. The fraction of sp³-hybridized carbons (Fsp3) is 0. The number of nitrogens with two attached hydrogens (primary N) is 1. The van der Waals surface area contributed by atoms with Gasteiger partial charge in [0.2, 0.25) is 0 Å². The average molecular weight is 364 g/mol. The quantitative estimate of drug-likeness (QED) is 0.815. The smallest absolute Gasteiger partial charge is 0.264 e. The van der Waals surface area contributed by atoms with Crippen LogP contribution < -0.4 is 10.5 Å². The highest BCUT2D eigenvalue weighted by molar-refractivity contribution is 9.10. The number of nitrogens with one attached hydrogen (secondary N) is 1. The van der Waals surface area contributed by atoms with Crippen molar-refractivity contribution < 1.29 is 8.42 Å². The maximum absolute atomic E-state index is 12.2. The van der Waals surface area contributed by atoms with Gasteiger partial charge in [0.25, 0.3) is 10.0 Å². The Bertz CT molecular complexity index is 709. The Morgan fingerprint density at radius 3 is 2.68 bits per heavy atom. The van der Waals surface area contributed by atoms with E-state index in [1.807, 2.05) is 0 Å². The SMILES string of the molecule is Nc1cc(Cl)cc(S(=O)(=O)Nc2cnccn2)c1Br. The number of nitrogens with zero attached hydrogens (tertiary/aromatic N) is 2. The van der Waals surface area contributed by atoms with E-state index >= 15 is 0 Å². The molecule has 0 saturated heterocycles. The standard InChI is InChI=1S/C10H8BrClN4O2S/c11-10-7(13)3-6(12)4-8(10)19(17,18)16-9-5-14-1-2-15-9/h1-5H,13H2,(H,15,16). The average Bonchev–Trinajstić information content (AvgIpc) is 2.34. The molecule has 0 radical (unpaired) electrons. The zero-order valence-corrected chi connectivity index (χ0v) is 12.5. The number of hydrogen-bond acceptors (Lipinski definition) is 5. The minimum Gasteiger partial charge on any atom is -0.398 e. The summed E-state index contributed by atoms with van der Waals surface area (Å²) in [5.41, 5.74) is 5.89. The Kier molecular flexibility index (Phi) is 3.93. The molecule has 1 aromatic heterocycles. The van der Waals surface area contributed by atoms with Crippen LogP contribution in [0, 0.1) is 0 Å². The minimum absolute atomic E-state index is 0.0665. The molecule has 0 aliphatic rings. The van der Waals surface area contributed by atoms with Crippen molar-refractivity contribution in [3.63, 3.8) is 0 Å². The zero-order valence-electron chi connectivity index (χ0n) is 9.34. The molecule has 1 aromatic carbocycles. The van der Waals surface area contributed by atoms with E-state index in [1.165, 1.54) is 30.7 Å². The fourth-order valence-corrected chi connectivity index (χ4v) is 3.61. The van der Waals surface area contributed by atoms with Crippen molar-refractivity contribution in [2.75, 3.05) is 10.5 Å². The maximum atomic E-state index is 12.2. The van der Waals surface area contributed by atoms with Gasteiger partial charge in [0, 0.05) is 23.1 Å². The van der Waals surface area contributed by atoms with Gasteiger partial charge >= 0.3 is 0 Å². The predicted molar refractivity (Wildman–Crippen MR) is 76.4 cm³/mol. The van der Waals surface area contributed by atoms with Crippen LogP contribution in [0.5, 0.6) is 0 Å². The summed E-state index contributed by atoms with van der Waals surface area (Å²) in [5.74, 6) is 0.105. The summed E-state index contributed by atoms with van der Waals surface area (Å²) >= 11 is 8.93. The lowest BCUT2D eigenvalue weighted by Gasteiger charge is -2.10. The number of sulfonamides is 1. The van der Waals surface area contributed by atoms with Crippen LogP contribution in [-0.2, 0) is 10.0 Å². The van der Waals surface area contributed by atoms with E-state index in [-0.39, 0.29) is 25.9 Å². The second-order valence-electron chi connectivity index (χ2n) is 3.50. The van der Waals surface area contributed by atoms with Crippen LogP contribution >= 0.6 is 27.5 Å². The first kappa shape index (κ1) is 14.0. The molecule has 0 spiro atoms. The van der Waals surface area contributed by atoms with Crippen LogP contribution in [0.4, 0.5) is 11.5 Å². The van der Waals surface area contributed by atoms with Crippen LogP contribution in [-0.4, -0.2) is 18.4 Å². The Morgan fingerprint density at radius 1 is 1.32 bits per heavy atom. The Hall–Kier alpha value is -1.38. The van der Waals surface area contributed by atoms with Crippen LogP contribution in [0.1, 0.15) is 0 Å². The number of halogens is 2. The van der Waals surface area contributed by atoms with Gasteiger partial charge in [-0.15, -0.1) is 0 Å². The van der Waals surface area contributed by atoms with E-state index in [4.69, 9.17) is 17.3 Å². The Labute approximate surface area is 123 Å². The van der Waals surface area contributed by atoms with E-state index in [9.17, 15) is 8.42 Å². The molecule has 0 saturated carbocycles. The van der Waals surface area contributed by atoms with Crippen LogP contribution in [0.25, 0.3) is 0 Å². The lowest BCUT2D eigenvalue weighted by atomic mass is 10.3. The summed E-state index contributed by atoms with van der Waals surface area (Å²) in [6, 6.07) is 2.74. The van der Waals surface area contributed by atoms with Crippen LogP contribution in [0.3, 0.4) is 0 Å². The van der Waals surface area contributed by atoms with Gasteiger partial charge in [-0.05, 0) is 28.1 Å². The van der Waals surface area contributed by atoms with Gasteiger partial charge in [-0.2, -0.15) is 0 Å². The highest BCUT2D eigenvalue weighted by atomic mass is 79.9. The molecule has 6 nitrogen and oxygen atoms in total. The molecule has 0 unspecified atom stereocenters. The fourth-order valence-electron chi connectivity index (χ4n) is 1.32. The van der Waals surface area contributed by atoms with E-state index in [0.29, 0.717) is 0 Å². The van der Waals surface area contributed by atoms with Crippen molar-refractivity contribution in [2.24, 2.45) is 0 Å². The molecule has 0 amide bonds. The largest absolute Gasteiger partial charge is 0.398 e. The zero-order chi connectivity index (χ0) is 14.0. The van der Waals surface area contributed by atoms with Gasteiger partial charge in [0.15, 0.2) is 5.82 Å². The third-order valence-electron chi connectivity index (χ3n) is 2.12. The summed E-state index contributed by atoms with van der Waals surface area (Å²) < 4.78 is 26.9. The van der Waals surface area contributed by atoms with Crippen LogP contribution in [0.15, 0.2) is 40.1 Å². The number of benzene rings is 1. The highest BCUT2D eigenvalue weighted by Gasteiger charge is 2.20. The molecule has 1 heterocycles. The van der Waals surface area contributed by atoms with Gasteiger partial charge in [0.05, 0.1) is 10.7 Å². The molecule has 0 fully saturated rings. The second-order valence-corrected chi connectivity index (χ2v) is 6.38. The summed E-state index contributed by atoms with van der Waals surface area (Å²) in [5, 5.41) is 0.222. The Balaban J connectivity index is 2.46. The second kappa shape index (κ2) is 5.32. The molecule has 19 heavy (non-hydrogen) atoms. The molecule has 0 aliphatic heterocycles. The topological polar surface area (TPSA) is 98.0 Å². The van der Waals surface area contributed by atoms with Crippen molar-refractivity contribution in [1.29, 1.82) is 0 Å². The Morgan fingerprint density at radius 2 is 2.05 bits per heavy atom. The molecule has 0 atom stereocenters. The van der Waals surface area contributed by atoms with E-state index in [1.54, 1.807) is 0 Å². The summed E-state index contributed by atoms with van der Waals surface area (Å²) in [7, 11) is -3.85. The summed E-state index contributed by atoms with van der Waals surface area (Å²) in [6.07, 6.45) is 4.10. The third kappa shape index (κ3) is 3.14. The van der Waals surface area contributed by atoms with Crippen molar-refractivity contribution in [3.05, 3.63) is 40.2 Å². The minimum atomic E-state index is -3.85. The summed E-state index contributed by atoms with van der Waals surface area (Å²) in [4.78, 5) is 7.53. The number of nitrogen functional groups attached to an aromatic ring is 1. The van der Waals surface area contributed by atoms with Crippen LogP contribution in [0.2, 0.25) is 5.02 Å². The van der Waals surface area contributed by atoms with Gasteiger partial charge < -0.3 is 5.73 Å². The molecular weight excluding hydrogens is 356 g/mol. The number of hydrogen-bond donors (Lipinski definition) is 2. The van der Waals surface area contributed by atoms with E-state index in [2.05, 4.69) is 30.6 Å². The lowest BCUT2D eigenvalue weighted by molar-refractivity contribution is 0.600. The monoisotopic (exact) mass is 362 g/mol. The number of aromatic nitrogens is 2. The summed E-state index contributed by atoms with van der Waals surface area (Å²) in [6.45, 7) is 0. The molecule has 2 aromatic rings. The lowest BCUT2D eigenvalue weighted by Crippen LogP contribution is -2.15. The molecule has 3 N–H and O–H groups in total. The maximum Gasteiger partial charge on any atom is 0.264 e. The number of anilines is 2. The van der Waals surface area contributed by atoms with Gasteiger partial charge in [-0.25, -0.2) is 13.4 Å². The molecule has 100 valence electrons. The third-order valence-corrected chi connectivity index (χ3v) is 4.87. The normalized spacial score (nSPS) is 11.3. The van der Waals surface area contributed by atoms with Gasteiger partial charge in [-0.1, -0.05) is 11.6 Å². The van der Waals surface area contributed by atoms with E-state index < -0.39 is 10.0 Å². The molecular formula is C10H8BrClN4O2S. The highest BCUT2D eigenvalue weighted by Crippen LogP contribution is 2.32. The van der Waals surface area contributed by atoms with E-state index in [0.717, 1.165) is 0 Å². The first-order chi connectivity index (χ1) is 8.90. The van der Waals surface area contributed by atoms with Crippen molar-refractivity contribution in [3.8, 4) is 0 Å². The van der Waals surface area contributed by atoms with Gasteiger partial charge in [-0.3, -0.25) is 9.71 Å². The predicted octanol–water partition coefficient (Wildman–Crippen LogP) is 2.28. The molecule has 9 heteroatoms.